The Labute approximate surface area is 112 Å². The Hall–Kier alpha value is -1.20. The van der Waals surface area contributed by atoms with Crippen LogP contribution in [0, 0.1) is 11.7 Å². The van der Waals surface area contributed by atoms with Gasteiger partial charge in [0.1, 0.15) is 10.8 Å². The quantitative estimate of drug-likeness (QED) is 0.823. The zero-order valence-corrected chi connectivity index (χ0v) is 11.1. The lowest BCUT2D eigenvalue weighted by Crippen LogP contribution is -2.23. The summed E-state index contributed by atoms with van der Waals surface area (Å²) in [5, 5.41) is 3.22. The average Bonchev–Trinajstić information content (AvgIpc) is 2.71. The number of halogens is 1. The van der Waals surface area contributed by atoms with Crippen molar-refractivity contribution in [2.75, 3.05) is 18.5 Å². The van der Waals surface area contributed by atoms with E-state index < -0.39 is 0 Å². The first-order valence-electron chi connectivity index (χ1n) is 6.03. The first kappa shape index (κ1) is 13.2. The third-order valence-corrected chi connectivity index (χ3v) is 3.55. The summed E-state index contributed by atoms with van der Waals surface area (Å²) in [7, 11) is 0. The highest BCUT2D eigenvalue weighted by molar-refractivity contribution is 7.80. The molecule has 98 valence electrons. The molecule has 1 fully saturated rings. The monoisotopic (exact) mass is 268 g/mol. The molecule has 3 N–H and O–H groups in total. The molecule has 1 aromatic rings. The minimum atomic E-state index is -0.386. The van der Waals surface area contributed by atoms with Gasteiger partial charge in [-0.15, -0.1) is 0 Å². The number of anilines is 1. The fourth-order valence-corrected chi connectivity index (χ4v) is 2.41. The van der Waals surface area contributed by atoms with Crippen LogP contribution >= 0.6 is 12.2 Å². The molecule has 2 unspecified atom stereocenters. The van der Waals surface area contributed by atoms with Crippen LogP contribution in [0.2, 0.25) is 0 Å². The van der Waals surface area contributed by atoms with Gasteiger partial charge >= 0.3 is 0 Å². The number of hydrogen-bond donors (Lipinski definition) is 2. The summed E-state index contributed by atoms with van der Waals surface area (Å²) < 4.78 is 19.1. The van der Waals surface area contributed by atoms with E-state index in [1.165, 1.54) is 6.07 Å². The second-order valence-electron chi connectivity index (χ2n) is 4.53. The molecular weight excluding hydrogens is 251 g/mol. The highest BCUT2D eigenvalue weighted by Crippen LogP contribution is 2.23. The maximum Gasteiger partial charge on any atom is 0.135 e. The molecule has 5 heteroatoms. The van der Waals surface area contributed by atoms with Gasteiger partial charge in [-0.25, -0.2) is 4.39 Å². The molecule has 0 amide bonds. The van der Waals surface area contributed by atoms with Crippen LogP contribution in [-0.2, 0) is 4.74 Å². The number of ether oxygens (including phenoxy) is 1. The standard InChI is InChI=1S/C13H17FN2OS/c1-8-9(5-6-17-8)7-16-11-4-2-3-10(14)12(11)13(15)18/h2-4,8-9,16H,5-7H2,1H3,(H2,15,18). The third-order valence-electron chi connectivity index (χ3n) is 3.35. The van der Waals surface area contributed by atoms with Gasteiger partial charge in [-0.2, -0.15) is 0 Å². The Bertz CT molecular complexity index is 453. The second kappa shape index (κ2) is 5.63. The fraction of sp³-hybridized carbons (Fsp3) is 0.462. The van der Waals surface area contributed by atoms with Crippen molar-refractivity contribution in [1.29, 1.82) is 0 Å². The molecule has 0 radical (unpaired) electrons. The Kier molecular flexibility index (Phi) is 4.14. The lowest BCUT2D eigenvalue weighted by atomic mass is 10.0. The van der Waals surface area contributed by atoms with Crippen LogP contribution in [0.5, 0.6) is 0 Å². The van der Waals surface area contributed by atoms with E-state index in [2.05, 4.69) is 12.2 Å². The van der Waals surface area contributed by atoms with Crippen molar-refractivity contribution >= 4 is 22.9 Å². The maximum atomic E-state index is 13.6. The Morgan fingerprint density at radius 1 is 1.61 bits per heavy atom. The van der Waals surface area contributed by atoms with Gasteiger partial charge < -0.3 is 15.8 Å². The van der Waals surface area contributed by atoms with Crippen LogP contribution in [0.4, 0.5) is 10.1 Å². The van der Waals surface area contributed by atoms with Gasteiger partial charge in [0.05, 0.1) is 11.7 Å². The number of nitrogens with two attached hydrogens (primary N) is 1. The Morgan fingerprint density at radius 3 is 3.00 bits per heavy atom. The lowest BCUT2D eigenvalue weighted by Gasteiger charge is -2.17. The summed E-state index contributed by atoms with van der Waals surface area (Å²) in [5.41, 5.74) is 6.50. The van der Waals surface area contributed by atoms with E-state index in [0.29, 0.717) is 17.2 Å². The minimum absolute atomic E-state index is 0.0753. The zero-order chi connectivity index (χ0) is 13.1. The summed E-state index contributed by atoms with van der Waals surface area (Å²) in [6.45, 7) is 3.58. The topological polar surface area (TPSA) is 47.3 Å². The van der Waals surface area contributed by atoms with Crippen LogP contribution in [0.25, 0.3) is 0 Å². The van der Waals surface area contributed by atoms with E-state index in [9.17, 15) is 4.39 Å². The molecule has 18 heavy (non-hydrogen) atoms. The van der Waals surface area contributed by atoms with Crippen molar-refractivity contribution in [3.63, 3.8) is 0 Å². The highest BCUT2D eigenvalue weighted by atomic mass is 32.1. The number of hydrogen-bond acceptors (Lipinski definition) is 3. The van der Waals surface area contributed by atoms with Gasteiger partial charge in [-0.1, -0.05) is 18.3 Å². The molecule has 1 aromatic carbocycles. The normalized spacial score (nSPS) is 23.0. The van der Waals surface area contributed by atoms with Crippen LogP contribution in [0.1, 0.15) is 18.9 Å². The predicted octanol–water partition coefficient (Wildman–Crippen LogP) is 2.30. The molecule has 2 atom stereocenters. The van der Waals surface area contributed by atoms with Gasteiger partial charge in [0, 0.05) is 24.8 Å². The number of rotatable bonds is 4. The Morgan fingerprint density at radius 2 is 2.39 bits per heavy atom. The highest BCUT2D eigenvalue weighted by Gasteiger charge is 2.24. The SMILES string of the molecule is CC1OCCC1CNc1cccc(F)c1C(N)=S. The largest absolute Gasteiger partial charge is 0.389 e. The molecule has 3 nitrogen and oxygen atoms in total. The molecular formula is C13H17FN2OS. The van der Waals surface area contributed by atoms with Crippen LogP contribution in [0.15, 0.2) is 18.2 Å². The maximum absolute atomic E-state index is 13.6. The van der Waals surface area contributed by atoms with Crippen LogP contribution < -0.4 is 11.1 Å². The predicted molar refractivity (Wildman–Crippen MR) is 74.3 cm³/mol. The smallest absolute Gasteiger partial charge is 0.135 e. The molecule has 2 rings (SSSR count). The molecule has 0 aliphatic carbocycles. The van der Waals surface area contributed by atoms with Crippen molar-refractivity contribution < 1.29 is 9.13 Å². The Balaban J connectivity index is 2.09. The van der Waals surface area contributed by atoms with Gasteiger partial charge in [-0.3, -0.25) is 0 Å². The van der Waals surface area contributed by atoms with Crippen LogP contribution in [-0.4, -0.2) is 24.2 Å². The summed E-state index contributed by atoms with van der Waals surface area (Å²) in [5.74, 6) is 0.0516. The van der Waals surface area contributed by atoms with Gasteiger partial charge in [-0.05, 0) is 25.5 Å². The number of benzene rings is 1. The molecule has 1 aliphatic heterocycles. The molecule has 1 aliphatic rings. The van der Waals surface area contributed by atoms with Gasteiger partial charge in [0.2, 0.25) is 0 Å². The fourth-order valence-electron chi connectivity index (χ4n) is 2.21. The first-order chi connectivity index (χ1) is 8.59. The second-order valence-corrected chi connectivity index (χ2v) is 4.97. The summed E-state index contributed by atoms with van der Waals surface area (Å²) in [6, 6.07) is 4.80. The van der Waals surface area contributed by atoms with Crippen molar-refractivity contribution in [3.8, 4) is 0 Å². The van der Waals surface area contributed by atoms with Gasteiger partial charge in [0.15, 0.2) is 0 Å². The summed E-state index contributed by atoms with van der Waals surface area (Å²) in [4.78, 5) is 0.0753. The third kappa shape index (κ3) is 2.79. The van der Waals surface area contributed by atoms with E-state index in [0.717, 1.165) is 19.6 Å². The van der Waals surface area contributed by atoms with E-state index >= 15 is 0 Å². The van der Waals surface area contributed by atoms with Crippen molar-refractivity contribution in [3.05, 3.63) is 29.6 Å². The van der Waals surface area contributed by atoms with E-state index in [1.54, 1.807) is 12.1 Å². The van der Waals surface area contributed by atoms with Crippen LogP contribution in [0.3, 0.4) is 0 Å². The van der Waals surface area contributed by atoms with E-state index in [4.69, 9.17) is 22.7 Å². The number of nitrogens with one attached hydrogen (secondary N) is 1. The molecule has 1 saturated heterocycles. The van der Waals surface area contributed by atoms with Crippen molar-refractivity contribution in [2.45, 2.75) is 19.4 Å². The first-order valence-corrected chi connectivity index (χ1v) is 6.44. The summed E-state index contributed by atoms with van der Waals surface area (Å²) >= 11 is 4.88. The van der Waals surface area contributed by atoms with Gasteiger partial charge in [0.25, 0.3) is 0 Å². The molecule has 0 bridgehead atoms. The van der Waals surface area contributed by atoms with E-state index in [-0.39, 0.29) is 16.9 Å². The molecule has 0 aromatic heterocycles. The minimum Gasteiger partial charge on any atom is -0.389 e. The number of thiocarbonyl (C=S) groups is 1. The van der Waals surface area contributed by atoms with Crippen molar-refractivity contribution in [2.24, 2.45) is 11.7 Å². The molecule has 1 heterocycles. The van der Waals surface area contributed by atoms with Crippen molar-refractivity contribution in [1.82, 2.24) is 0 Å². The zero-order valence-electron chi connectivity index (χ0n) is 10.3. The van der Waals surface area contributed by atoms with E-state index in [1.807, 2.05) is 0 Å². The average molecular weight is 268 g/mol. The molecule has 0 spiro atoms. The lowest BCUT2D eigenvalue weighted by molar-refractivity contribution is 0.108. The molecule has 0 saturated carbocycles. The summed E-state index contributed by atoms with van der Waals surface area (Å²) in [6.07, 6.45) is 1.26.